The summed E-state index contributed by atoms with van der Waals surface area (Å²) in [5.74, 6) is -0.910. The summed E-state index contributed by atoms with van der Waals surface area (Å²) in [4.78, 5) is 26.8. The topological polar surface area (TPSA) is 60.9 Å². The minimum atomic E-state index is -0.861. The third-order valence-corrected chi connectivity index (χ3v) is 4.18. The molecule has 1 aliphatic heterocycles. The van der Waals surface area contributed by atoms with Crippen molar-refractivity contribution in [2.75, 3.05) is 13.1 Å². The van der Waals surface area contributed by atoms with E-state index in [1.54, 1.807) is 4.90 Å². The molecule has 21 heavy (non-hydrogen) atoms. The Kier molecular flexibility index (Phi) is 4.96. The molecule has 0 unspecified atom stereocenters. The van der Waals surface area contributed by atoms with E-state index in [0.29, 0.717) is 6.54 Å². The van der Waals surface area contributed by atoms with Gasteiger partial charge in [0, 0.05) is 32.6 Å². The molecule has 1 aromatic rings. The van der Waals surface area contributed by atoms with E-state index in [1.165, 1.54) is 12.5 Å². The maximum absolute atomic E-state index is 11.7. The Balaban J connectivity index is 2.12. The predicted octanol–water partition coefficient (Wildman–Crippen LogP) is 1.58. The molecular weight excluding hydrogens is 268 g/mol. The average molecular weight is 290 g/mol. The van der Waals surface area contributed by atoms with Crippen molar-refractivity contribution in [1.82, 2.24) is 9.80 Å². The molecule has 2 rings (SSSR count). The second-order valence-electron chi connectivity index (χ2n) is 5.57. The Morgan fingerprint density at radius 2 is 1.90 bits per heavy atom. The zero-order valence-electron chi connectivity index (χ0n) is 12.5. The molecule has 1 fully saturated rings. The average Bonchev–Trinajstić information content (AvgIpc) is 2.43. The van der Waals surface area contributed by atoms with Crippen LogP contribution in [0.25, 0.3) is 0 Å². The van der Waals surface area contributed by atoms with E-state index in [1.807, 2.05) is 25.1 Å². The number of piperazine rings is 1. The Bertz CT molecular complexity index is 504. The van der Waals surface area contributed by atoms with E-state index in [0.717, 1.165) is 13.1 Å². The van der Waals surface area contributed by atoms with Crippen molar-refractivity contribution in [3.63, 3.8) is 0 Å². The lowest BCUT2D eigenvalue weighted by atomic mass is 9.98. The van der Waals surface area contributed by atoms with Crippen molar-refractivity contribution in [2.45, 2.75) is 38.9 Å². The van der Waals surface area contributed by atoms with Gasteiger partial charge in [-0.05, 0) is 12.5 Å². The summed E-state index contributed by atoms with van der Waals surface area (Å²) < 4.78 is 0. The molecule has 1 aromatic carbocycles. The van der Waals surface area contributed by atoms with Crippen LogP contribution in [0.15, 0.2) is 30.3 Å². The zero-order valence-corrected chi connectivity index (χ0v) is 12.5. The van der Waals surface area contributed by atoms with Gasteiger partial charge in [0.1, 0.15) is 0 Å². The fourth-order valence-corrected chi connectivity index (χ4v) is 3.00. The van der Waals surface area contributed by atoms with Gasteiger partial charge < -0.3 is 10.0 Å². The van der Waals surface area contributed by atoms with Crippen molar-refractivity contribution >= 4 is 11.9 Å². The first-order chi connectivity index (χ1) is 9.99. The molecule has 1 saturated heterocycles. The number of hydrogen-bond donors (Lipinski definition) is 1. The zero-order chi connectivity index (χ0) is 15.4. The van der Waals surface area contributed by atoms with Crippen LogP contribution in [0.4, 0.5) is 0 Å². The quantitative estimate of drug-likeness (QED) is 0.914. The monoisotopic (exact) mass is 290 g/mol. The first-order valence-electron chi connectivity index (χ1n) is 7.26. The first kappa shape index (κ1) is 15.5. The SMILES string of the molecule is CC(=O)N1CCN(Cc2ccccc2)[C@H](C)[C@H]1CC(=O)O. The van der Waals surface area contributed by atoms with E-state index >= 15 is 0 Å². The van der Waals surface area contributed by atoms with Gasteiger partial charge in [0.05, 0.1) is 12.5 Å². The summed E-state index contributed by atoms with van der Waals surface area (Å²) >= 11 is 0. The van der Waals surface area contributed by atoms with Crippen LogP contribution < -0.4 is 0 Å². The molecule has 2 atom stereocenters. The standard InChI is InChI=1S/C16H22N2O3/c1-12-15(10-16(20)21)18(13(2)19)9-8-17(12)11-14-6-4-3-5-7-14/h3-7,12,15H,8-11H2,1-2H3,(H,20,21)/t12-,15-/m1/s1. The smallest absolute Gasteiger partial charge is 0.305 e. The second-order valence-corrected chi connectivity index (χ2v) is 5.57. The maximum atomic E-state index is 11.7. The van der Waals surface area contributed by atoms with Crippen molar-refractivity contribution in [3.8, 4) is 0 Å². The van der Waals surface area contributed by atoms with Crippen LogP contribution in [0.1, 0.15) is 25.8 Å². The molecule has 0 spiro atoms. The van der Waals surface area contributed by atoms with Crippen molar-refractivity contribution in [3.05, 3.63) is 35.9 Å². The summed E-state index contributed by atoms with van der Waals surface area (Å²) in [6.45, 7) is 5.65. The number of hydrogen-bond acceptors (Lipinski definition) is 3. The summed E-state index contributed by atoms with van der Waals surface area (Å²) in [5.41, 5.74) is 1.20. The number of carbonyl (C=O) groups excluding carboxylic acids is 1. The highest BCUT2D eigenvalue weighted by Crippen LogP contribution is 2.22. The molecule has 1 N–H and O–H groups in total. The van der Waals surface area contributed by atoms with Gasteiger partial charge in [-0.25, -0.2) is 0 Å². The fraction of sp³-hybridized carbons (Fsp3) is 0.500. The number of carboxylic acids is 1. The third kappa shape index (κ3) is 3.82. The lowest BCUT2D eigenvalue weighted by Gasteiger charge is -2.45. The number of carboxylic acid groups (broad SMARTS) is 1. The number of amides is 1. The van der Waals surface area contributed by atoms with Gasteiger partial charge in [0.2, 0.25) is 5.91 Å². The maximum Gasteiger partial charge on any atom is 0.305 e. The number of carbonyl (C=O) groups is 2. The highest BCUT2D eigenvalue weighted by atomic mass is 16.4. The van der Waals surface area contributed by atoms with Gasteiger partial charge in [0.25, 0.3) is 0 Å². The summed E-state index contributed by atoms with van der Waals surface area (Å²) in [6, 6.07) is 9.87. The van der Waals surface area contributed by atoms with Crippen LogP contribution in [0, 0.1) is 0 Å². The predicted molar refractivity (Wildman–Crippen MR) is 79.7 cm³/mol. The highest BCUT2D eigenvalue weighted by Gasteiger charge is 2.36. The lowest BCUT2D eigenvalue weighted by Crippen LogP contribution is -2.59. The van der Waals surface area contributed by atoms with Crippen LogP contribution in [-0.2, 0) is 16.1 Å². The van der Waals surface area contributed by atoms with Gasteiger partial charge in [-0.3, -0.25) is 14.5 Å². The summed E-state index contributed by atoms with van der Waals surface area (Å²) in [6.07, 6.45) is -0.00790. The van der Waals surface area contributed by atoms with Crippen LogP contribution in [0.5, 0.6) is 0 Å². The summed E-state index contributed by atoms with van der Waals surface area (Å²) in [7, 11) is 0. The van der Waals surface area contributed by atoms with Gasteiger partial charge >= 0.3 is 5.97 Å². The Morgan fingerprint density at radius 3 is 2.48 bits per heavy atom. The third-order valence-electron chi connectivity index (χ3n) is 4.18. The van der Waals surface area contributed by atoms with Crippen molar-refractivity contribution in [1.29, 1.82) is 0 Å². The van der Waals surface area contributed by atoms with E-state index in [-0.39, 0.29) is 24.4 Å². The highest BCUT2D eigenvalue weighted by molar-refractivity contribution is 5.75. The molecule has 5 nitrogen and oxygen atoms in total. The minimum absolute atomic E-state index is 0.00790. The van der Waals surface area contributed by atoms with Gasteiger partial charge in [0.15, 0.2) is 0 Å². The van der Waals surface area contributed by atoms with E-state index in [9.17, 15) is 9.59 Å². The molecule has 0 bridgehead atoms. The molecule has 0 aliphatic carbocycles. The first-order valence-corrected chi connectivity index (χ1v) is 7.26. The van der Waals surface area contributed by atoms with Crippen LogP contribution in [0.2, 0.25) is 0 Å². The molecule has 1 aliphatic rings. The molecule has 1 heterocycles. The molecule has 0 saturated carbocycles. The molecule has 5 heteroatoms. The van der Waals surface area contributed by atoms with Crippen LogP contribution in [0.3, 0.4) is 0 Å². The largest absolute Gasteiger partial charge is 0.481 e. The number of benzene rings is 1. The molecule has 0 aromatic heterocycles. The van der Waals surface area contributed by atoms with Crippen molar-refractivity contribution in [2.24, 2.45) is 0 Å². The van der Waals surface area contributed by atoms with Gasteiger partial charge in [-0.2, -0.15) is 0 Å². The minimum Gasteiger partial charge on any atom is -0.481 e. The van der Waals surface area contributed by atoms with E-state index in [2.05, 4.69) is 17.0 Å². The Morgan fingerprint density at radius 1 is 1.24 bits per heavy atom. The normalized spacial score (nSPS) is 23.0. The van der Waals surface area contributed by atoms with E-state index in [4.69, 9.17) is 5.11 Å². The van der Waals surface area contributed by atoms with Gasteiger partial charge in [-0.1, -0.05) is 30.3 Å². The molecule has 114 valence electrons. The number of aliphatic carboxylic acids is 1. The van der Waals surface area contributed by atoms with Crippen LogP contribution in [-0.4, -0.2) is 52.0 Å². The van der Waals surface area contributed by atoms with Crippen molar-refractivity contribution < 1.29 is 14.7 Å². The Hall–Kier alpha value is -1.88. The van der Waals surface area contributed by atoms with Crippen LogP contribution >= 0.6 is 0 Å². The van der Waals surface area contributed by atoms with E-state index < -0.39 is 5.97 Å². The fourth-order valence-electron chi connectivity index (χ4n) is 3.00. The van der Waals surface area contributed by atoms with Gasteiger partial charge in [-0.15, -0.1) is 0 Å². The second kappa shape index (κ2) is 6.72. The molecule has 1 amide bonds. The summed E-state index contributed by atoms with van der Waals surface area (Å²) in [5, 5.41) is 9.10. The Labute approximate surface area is 125 Å². The molecule has 0 radical (unpaired) electrons. The number of rotatable bonds is 4. The number of nitrogens with zero attached hydrogens (tertiary/aromatic N) is 2. The lowest BCUT2D eigenvalue weighted by molar-refractivity contribution is -0.144. The molecular formula is C16H22N2O3.